The van der Waals surface area contributed by atoms with Crippen molar-refractivity contribution in [3.8, 4) is 5.75 Å². The molecule has 2 rings (SSSR count). The van der Waals surface area contributed by atoms with Crippen LogP contribution >= 0.6 is 0 Å². The number of hydrogen-bond acceptors (Lipinski definition) is 4. The maximum atomic E-state index is 12.6. The van der Waals surface area contributed by atoms with Crippen LogP contribution in [0.2, 0.25) is 0 Å². The molecule has 1 aromatic rings. The minimum atomic E-state index is -0.874. The van der Waals surface area contributed by atoms with Crippen molar-refractivity contribution in [3.05, 3.63) is 29.8 Å². The number of hydrogen-bond donors (Lipinski definition) is 1. The van der Waals surface area contributed by atoms with Gasteiger partial charge in [0.15, 0.2) is 0 Å². The molecule has 0 aliphatic carbocycles. The van der Waals surface area contributed by atoms with Crippen molar-refractivity contribution in [2.75, 3.05) is 33.4 Å². The average molecular weight is 307 g/mol. The molecule has 1 saturated heterocycles. The number of amides is 1. The lowest BCUT2D eigenvalue weighted by Gasteiger charge is -2.21. The third kappa shape index (κ3) is 3.39. The van der Waals surface area contributed by atoms with Crippen molar-refractivity contribution < 1.29 is 24.2 Å². The van der Waals surface area contributed by atoms with Crippen molar-refractivity contribution in [1.29, 1.82) is 0 Å². The first kappa shape index (κ1) is 16.3. The van der Waals surface area contributed by atoms with Gasteiger partial charge in [-0.1, -0.05) is 12.1 Å². The summed E-state index contributed by atoms with van der Waals surface area (Å²) in [6, 6.07) is 6.99. The van der Waals surface area contributed by atoms with E-state index in [4.69, 9.17) is 9.47 Å². The van der Waals surface area contributed by atoms with Crippen LogP contribution in [0.3, 0.4) is 0 Å². The zero-order valence-electron chi connectivity index (χ0n) is 12.9. The molecule has 22 heavy (non-hydrogen) atoms. The van der Waals surface area contributed by atoms with E-state index in [9.17, 15) is 14.7 Å². The molecule has 120 valence electrons. The van der Waals surface area contributed by atoms with Gasteiger partial charge in [-0.3, -0.25) is 9.59 Å². The zero-order valence-corrected chi connectivity index (χ0v) is 12.9. The zero-order chi connectivity index (χ0) is 16.2. The van der Waals surface area contributed by atoms with Crippen LogP contribution in [0.5, 0.6) is 5.75 Å². The van der Waals surface area contributed by atoms with Crippen molar-refractivity contribution in [1.82, 2.24) is 4.90 Å². The Bertz CT molecular complexity index is 559. The molecule has 0 radical (unpaired) electrons. The molecule has 1 N–H and O–H groups in total. The van der Waals surface area contributed by atoms with Gasteiger partial charge >= 0.3 is 5.97 Å². The van der Waals surface area contributed by atoms with E-state index in [1.165, 1.54) is 0 Å². The number of methoxy groups -OCH3 is 1. The fraction of sp³-hybridized carbons (Fsp3) is 0.500. The molecule has 1 fully saturated rings. The number of carbonyl (C=O) groups is 2. The smallest absolute Gasteiger partial charge is 0.311 e. The number of ether oxygens (including phenoxy) is 2. The number of nitrogens with zero attached hydrogens (tertiary/aromatic N) is 1. The molecular formula is C16H21NO5. The van der Waals surface area contributed by atoms with Gasteiger partial charge in [0.05, 0.1) is 17.6 Å². The first-order chi connectivity index (χ1) is 10.5. The number of carbonyl (C=O) groups excluding carboxylic acids is 1. The standard InChI is InChI=1S/C16H21NO5/c1-16(15(19)20)7-8-17(11-16)14(18)12-5-3-4-6-13(12)22-10-9-21-2/h3-6H,7-11H2,1-2H3,(H,19,20). The Morgan fingerprint density at radius 3 is 2.68 bits per heavy atom. The van der Waals surface area contributed by atoms with Crippen LogP contribution in [0.1, 0.15) is 23.7 Å². The van der Waals surface area contributed by atoms with E-state index in [2.05, 4.69) is 0 Å². The quantitative estimate of drug-likeness (QED) is 0.809. The molecule has 0 bridgehead atoms. The van der Waals surface area contributed by atoms with Gasteiger partial charge in [0.1, 0.15) is 12.4 Å². The van der Waals surface area contributed by atoms with E-state index < -0.39 is 11.4 Å². The Balaban J connectivity index is 2.12. The molecule has 1 aromatic carbocycles. The van der Waals surface area contributed by atoms with Crippen LogP contribution in [0, 0.1) is 5.41 Å². The van der Waals surface area contributed by atoms with E-state index in [0.29, 0.717) is 37.5 Å². The molecule has 1 amide bonds. The molecule has 6 nitrogen and oxygen atoms in total. The molecule has 1 aliphatic heterocycles. The predicted molar refractivity (Wildman–Crippen MR) is 80.1 cm³/mol. The number of carboxylic acids is 1. The Kier molecular flexibility index (Phi) is 5.03. The van der Waals surface area contributed by atoms with E-state index in [1.54, 1.807) is 43.2 Å². The maximum absolute atomic E-state index is 12.6. The summed E-state index contributed by atoms with van der Waals surface area (Å²) in [6.45, 7) is 3.11. The summed E-state index contributed by atoms with van der Waals surface area (Å²) in [5.74, 6) is -0.570. The fourth-order valence-corrected chi connectivity index (χ4v) is 2.48. The highest BCUT2D eigenvalue weighted by atomic mass is 16.5. The predicted octanol–water partition coefficient (Wildman–Crippen LogP) is 1.65. The average Bonchev–Trinajstić information content (AvgIpc) is 2.91. The molecule has 0 spiro atoms. The summed E-state index contributed by atoms with van der Waals surface area (Å²) in [7, 11) is 1.58. The number of benzene rings is 1. The molecule has 6 heteroatoms. The van der Waals surface area contributed by atoms with E-state index in [1.807, 2.05) is 0 Å². The first-order valence-corrected chi connectivity index (χ1v) is 7.21. The van der Waals surface area contributed by atoms with Crippen molar-refractivity contribution in [3.63, 3.8) is 0 Å². The van der Waals surface area contributed by atoms with Crippen molar-refractivity contribution in [2.24, 2.45) is 5.41 Å². The lowest BCUT2D eigenvalue weighted by Crippen LogP contribution is -2.35. The van der Waals surface area contributed by atoms with E-state index in [0.717, 1.165) is 0 Å². The molecule has 1 aliphatic rings. The highest BCUT2D eigenvalue weighted by Crippen LogP contribution is 2.32. The van der Waals surface area contributed by atoms with Gasteiger partial charge in [0, 0.05) is 20.2 Å². The fourth-order valence-electron chi connectivity index (χ4n) is 2.48. The summed E-state index contributed by atoms with van der Waals surface area (Å²) >= 11 is 0. The lowest BCUT2D eigenvalue weighted by molar-refractivity contribution is -0.147. The second-order valence-electron chi connectivity index (χ2n) is 5.68. The van der Waals surface area contributed by atoms with Crippen LogP contribution < -0.4 is 4.74 Å². The van der Waals surface area contributed by atoms with Gasteiger partial charge in [0.2, 0.25) is 0 Å². The number of likely N-dealkylation sites (tertiary alicyclic amines) is 1. The maximum Gasteiger partial charge on any atom is 0.311 e. The number of carboxylic acid groups (broad SMARTS) is 1. The van der Waals surface area contributed by atoms with Crippen LogP contribution in [0.25, 0.3) is 0 Å². The Labute approximate surface area is 129 Å². The number of aliphatic carboxylic acids is 1. The largest absolute Gasteiger partial charge is 0.490 e. The van der Waals surface area contributed by atoms with Crippen molar-refractivity contribution >= 4 is 11.9 Å². The van der Waals surface area contributed by atoms with Gasteiger partial charge in [-0.25, -0.2) is 0 Å². The van der Waals surface area contributed by atoms with Crippen LogP contribution in [0.15, 0.2) is 24.3 Å². The second kappa shape index (κ2) is 6.79. The molecule has 0 saturated carbocycles. The van der Waals surface area contributed by atoms with E-state index >= 15 is 0 Å². The highest BCUT2D eigenvalue weighted by Gasteiger charge is 2.42. The molecular weight excluding hydrogens is 286 g/mol. The highest BCUT2D eigenvalue weighted by molar-refractivity contribution is 5.97. The van der Waals surface area contributed by atoms with Gasteiger partial charge in [-0.2, -0.15) is 0 Å². The second-order valence-corrected chi connectivity index (χ2v) is 5.68. The van der Waals surface area contributed by atoms with Gasteiger partial charge in [0.25, 0.3) is 5.91 Å². The Morgan fingerprint density at radius 2 is 2.05 bits per heavy atom. The molecule has 1 heterocycles. The lowest BCUT2D eigenvalue weighted by atomic mass is 9.90. The summed E-state index contributed by atoms with van der Waals surface area (Å²) in [6.07, 6.45) is 0.459. The van der Waals surface area contributed by atoms with Crippen LogP contribution in [-0.2, 0) is 9.53 Å². The van der Waals surface area contributed by atoms with E-state index in [-0.39, 0.29) is 12.5 Å². The number of para-hydroxylation sites is 1. The summed E-state index contributed by atoms with van der Waals surface area (Å²) in [4.78, 5) is 25.5. The molecule has 1 unspecified atom stereocenters. The SMILES string of the molecule is COCCOc1ccccc1C(=O)N1CCC(C)(C(=O)O)C1. The summed E-state index contributed by atoms with van der Waals surface area (Å²) < 4.78 is 10.5. The third-order valence-corrected chi connectivity index (χ3v) is 3.94. The van der Waals surface area contributed by atoms with Crippen molar-refractivity contribution in [2.45, 2.75) is 13.3 Å². The van der Waals surface area contributed by atoms with Gasteiger partial charge in [-0.05, 0) is 25.5 Å². The van der Waals surface area contributed by atoms with Gasteiger partial charge < -0.3 is 19.5 Å². The van der Waals surface area contributed by atoms with Crippen LogP contribution in [-0.4, -0.2) is 55.3 Å². The minimum absolute atomic E-state index is 0.196. The topological polar surface area (TPSA) is 76.1 Å². The Morgan fingerprint density at radius 1 is 1.32 bits per heavy atom. The summed E-state index contributed by atoms with van der Waals surface area (Å²) in [5.41, 5.74) is -0.421. The Hall–Kier alpha value is -2.08. The molecule has 0 aromatic heterocycles. The summed E-state index contributed by atoms with van der Waals surface area (Å²) in [5, 5.41) is 9.26. The monoisotopic (exact) mass is 307 g/mol. The molecule has 1 atom stereocenters. The van der Waals surface area contributed by atoms with Crippen LogP contribution in [0.4, 0.5) is 0 Å². The number of rotatable bonds is 6. The van der Waals surface area contributed by atoms with Gasteiger partial charge in [-0.15, -0.1) is 0 Å². The minimum Gasteiger partial charge on any atom is -0.490 e. The third-order valence-electron chi connectivity index (χ3n) is 3.94. The first-order valence-electron chi connectivity index (χ1n) is 7.21. The normalized spacial score (nSPS) is 20.9.